The van der Waals surface area contributed by atoms with Crippen LogP contribution in [0.1, 0.15) is 27.4 Å². The molecule has 7 nitrogen and oxygen atoms in total. The molecule has 27 heavy (non-hydrogen) atoms. The van der Waals surface area contributed by atoms with E-state index in [1.54, 1.807) is 36.3 Å². The number of ether oxygens (including phenoxy) is 1. The topological polar surface area (TPSA) is 65.2 Å². The van der Waals surface area contributed by atoms with Crippen molar-refractivity contribution < 1.29 is 9.53 Å². The highest BCUT2D eigenvalue weighted by Crippen LogP contribution is 2.23. The van der Waals surface area contributed by atoms with E-state index in [1.165, 1.54) is 4.68 Å². The molecule has 0 spiro atoms. The minimum Gasteiger partial charge on any atom is -0.470 e. The van der Waals surface area contributed by atoms with Crippen molar-refractivity contribution in [2.24, 2.45) is 7.05 Å². The van der Waals surface area contributed by atoms with Crippen LogP contribution in [0.25, 0.3) is 0 Å². The molecule has 1 aromatic carbocycles. The van der Waals surface area contributed by atoms with Gasteiger partial charge in [-0.05, 0) is 32.0 Å². The van der Waals surface area contributed by atoms with Crippen molar-refractivity contribution >= 4 is 17.5 Å². The molecule has 0 saturated carbocycles. The summed E-state index contributed by atoms with van der Waals surface area (Å²) < 4.78 is 9.04. The zero-order valence-corrected chi connectivity index (χ0v) is 16.6. The van der Waals surface area contributed by atoms with Gasteiger partial charge >= 0.3 is 0 Å². The second kappa shape index (κ2) is 7.84. The van der Waals surface area contributed by atoms with Crippen LogP contribution in [0.4, 0.5) is 0 Å². The number of carbonyl (C=O) groups excluding carboxylic acids is 1. The number of amides is 1. The number of benzene rings is 1. The van der Waals surface area contributed by atoms with Gasteiger partial charge < -0.3 is 9.64 Å². The van der Waals surface area contributed by atoms with Crippen LogP contribution in [0.15, 0.2) is 36.5 Å². The molecule has 142 valence electrons. The number of halogens is 1. The van der Waals surface area contributed by atoms with Crippen LogP contribution in [0.3, 0.4) is 0 Å². The van der Waals surface area contributed by atoms with Crippen molar-refractivity contribution in [3.8, 4) is 5.75 Å². The molecule has 0 fully saturated rings. The van der Waals surface area contributed by atoms with Gasteiger partial charge in [-0.2, -0.15) is 10.2 Å². The predicted molar refractivity (Wildman–Crippen MR) is 103 cm³/mol. The number of aryl methyl sites for hydroxylation is 2. The maximum atomic E-state index is 12.9. The summed E-state index contributed by atoms with van der Waals surface area (Å²) in [7, 11) is 3.66. The Morgan fingerprint density at radius 2 is 2.00 bits per heavy atom. The van der Waals surface area contributed by atoms with E-state index in [-0.39, 0.29) is 12.6 Å². The lowest BCUT2D eigenvalue weighted by Gasteiger charge is -2.18. The standard InChI is InChI=1S/C19H22ClN5O2/c1-13-15(14(2)24(4)22-13)11-23(3)19(26)17-9-10-21-25(17)12-27-18-8-6-5-7-16(18)20/h5-10H,11-12H2,1-4H3. The maximum Gasteiger partial charge on any atom is 0.272 e. The van der Waals surface area contributed by atoms with Crippen LogP contribution in [0.2, 0.25) is 5.02 Å². The SMILES string of the molecule is Cc1nn(C)c(C)c1CN(C)C(=O)c1ccnn1COc1ccccc1Cl. The molecule has 0 radical (unpaired) electrons. The third-order valence-electron chi connectivity index (χ3n) is 4.52. The Morgan fingerprint density at radius 1 is 1.26 bits per heavy atom. The molecule has 8 heteroatoms. The second-order valence-corrected chi connectivity index (χ2v) is 6.76. The number of hydrogen-bond acceptors (Lipinski definition) is 4. The highest BCUT2D eigenvalue weighted by molar-refractivity contribution is 6.32. The van der Waals surface area contributed by atoms with Gasteiger partial charge in [0.05, 0.1) is 10.7 Å². The summed E-state index contributed by atoms with van der Waals surface area (Å²) in [5.41, 5.74) is 3.46. The summed E-state index contributed by atoms with van der Waals surface area (Å²) in [4.78, 5) is 14.5. The third kappa shape index (κ3) is 3.98. The average molecular weight is 388 g/mol. The largest absolute Gasteiger partial charge is 0.470 e. The quantitative estimate of drug-likeness (QED) is 0.651. The van der Waals surface area contributed by atoms with Gasteiger partial charge in [0, 0.05) is 38.1 Å². The van der Waals surface area contributed by atoms with Crippen LogP contribution in [0.5, 0.6) is 5.75 Å². The van der Waals surface area contributed by atoms with E-state index in [0.717, 1.165) is 17.0 Å². The molecule has 1 amide bonds. The van der Waals surface area contributed by atoms with Gasteiger partial charge in [0.15, 0.2) is 6.73 Å². The fraction of sp³-hybridized carbons (Fsp3) is 0.316. The Bertz CT molecular complexity index is 963. The van der Waals surface area contributed by atoms with E-state index in [9.17, 15) is 4.79 Å². The fourth-order valence-corrected chi connectivity index (χ4v) is 3.05. The zero-order chi connectivity index (χ0) is 19.6. The Hall–Kier alpha value is -2.80. The Labute approximate surface area is 163 Å². The van der Waals surface area contributed by atoms with Crippen molar-refractivity contribution in [2.75, 3.05) is 7.05 Å². The van der Waals surface area contributed by atoms with E-state index in [1.807, 2.05) is 37.7 Å². The number of para-hydroxylation sites is 1. The number of rotatable bonds is 6. The number of aromatic nitrogens is 4. The van der Waals surface area contributed by atoms with E-state index in [4.69, 9.17) is 16.3 Å². The van der Waals surface area contributed by atoms with Gasteiger partial charge in [0.2, 0.25) is 0 Å². The lowest BCUT2D eigenvalue weighted by molar-refractivity contribution is 0.0762. The lowest BCUT2D eigenvalue weighted by Crippen LogP contribution is -2.29. The summed E-state index contributed by atoms with van der Waals surface area (Å²) in [6, 6.07) is 8.86. The molecule has 3 aromatic rings. The van der Waals surface area contributed by atoms with Gasteiger partial charge in [0.1, 0.15) is 11.4 Å². The molecular weight excluding hydrogens is 366 g/mol. The molecule has 3 rings (SSSR count). The molecule has 0 aliphatic carbocycles. The summed E-state index contributed by atoms with van der Waals surface area (Å²) in [6.45, 7) is 4.51. The van der Waals surface area contributed by atoms with E-state index < -0.39 is 0 Å². The minimum atomic E-state index is -0.141. The average Bonchev–Trinajstić information content (AvgIpc) is 3.20. The normalized spacial score (nSPS) is 10.9. The maximum absolute atomic E-state index is 12.9. The molecule has 2 aromatic heterocycles. The Balaban J connectivity index is 1.72. The first kappa shape index (κ1) is 19.0. The second-order valence-electron chi connectivity index (χ2n) is 6.35. The number of carbonyl (C=O) groups is 1. The van der Waals surface area contributed by atoms with Gasteiger partial charge in [0.25, 0.3) is 5.91 Å². The van der Waals surface area contributed by atoms with Crippen LogP contribution < -0.4 is 4.74 Å². The van der Waals surface area contributed by atoms with E-state index in [0.29, 0.717) is 23.0 Å². The number of hydrogen-bond donors (Lipinski definition) is 0. The highest BCUT2D eigenvalue weighted by Gasteiger charge is 2.20. The van der Waals surface area contributed by atoms with Gasteiger partial charge in [-0.3, -0.25) is 9.48 Å². The van der Waals surface area contributed by atoms with Crippen LogP contribution in [-0.2, 0) is 20.3 Å². The van der Waals surface area contributed by atoms with Crippen LogP contribution in [-0.4, -0.2) is 37.4 Å². The molecule has 0 saturated heterocycles. The van der Waals surface area contributed by atoms with Crippen molar-refractivity contribution in [2.45, 2.75) is 27.1 Å². The van der Waals surface area contributed by atoms with Crippen LogP contribution >= 0.6 is 11.6 Å². The van der Waals surface area contributed by atoms with Gasteiger partial charge in [-0.25, -0.2) is 4.68 Å². The fourth-order valence-electron chi connectivity index (χ4n) is 2.86. The minimum absolute atomic E-state index is 0.0938. The molecule has 0 atom stereocenters. The first-order valence-corrected chi connectivity index (χ1v) is 8.90. The first-order valence-electron chi connectivity index (χ1n) is 8.52. The predicted octanol–water partition coefficient (Wildman–Crippen LogP) is 3.20. The monoisotopic (exact) mass is 387 g/mol. The molecular formula is C19H22ClN5O2. The molecule has 0 aliphatic heterocycles. The van der Waals surface area contributed by atoms with Crippen molar-refractivity contribution in [1.82, 2.24) is 24.5 Å². The van der Waals surface area contributed by atoms with Crippen molar-refractivity contribution in [3.63, 3.8) is 0 Å². The molecule has 0 N–H and O–H groups in total. The summed E-state index contributed by atoms with van der Waals surface area (Å²) in [6.07, 6.45) is 1.58. The van der Waals surface area contributed by atoms with E-state index >= 15 is 0 Å². The molecule has 0 unspecified atom stereocenters. The molecule has 2 heterocycles. The van der Waals surface area contributed by atoms with Gasteiger partial charge in [-0.15, -0.1) is 0 Å². The van der Waals surface area contributed by atoms with E-state index in [2.05, 4.69) is 10.2 Å². The lowest BCUT2D eigenvalue weighted by atomic mass is 10.2. The smallest absolute Gasteiger partial charge is 0.272 e. The Kier molecular flexibility index (Phi) is 5.51. The highest BCUT2D eigenvalue weighted by atomic mass is 35.5. The number of nitrogens with zero attached hydrogens (tertiary/aromatic N) is 5. The van der Waals surface area contributed by atoms with Crippen LogP contribution in [0, 0.1) is 13.8 Å². The molecule has 0 aliphatic rings. The third-order valence-corrected chi connectivity index (χ3v) is 4.83. The first-order chi connectivity index (χ1) is 12.9. The Morgan fingerprint density at radius 3 is 2.67 bits per heavy atom. The van der Waals surface area contributed by atoms with Crippen molar-refractivity contribution in [1.29, 1.82) is 0 Å². The molecule has 0 bridgehead atoms. The zero-order valence-electron chi connectivity index (χ0n) is 15.8. The van der Waals surface area contributed by atoms with Crippen molar-refractivity contribution in [3.05, 3.63) is 64.2 Å². The summed E-state index contributed by atoms with van der Waals surface area (Å²) >= 11 is 6.10. The summed E-state index contributed by atoms with van der Waals surface area (Å²) in [5.74, 6) is 0.404. The summed E-state index contributed by atoms with van der Waals surface area (Å²) in [5, 5.41) is 9.11. The van der Waals surface area contributed by atoms with Gasteiger partial charge in [-0.1, -0.05) is 23.7 Å².